The Labute approximate surface area is 187 Å². The number of aromatic carboxylic acids is 1. The first kappa shape index (κ1) is 22.2. The lowest BCUT2D eigenvalue weighted by Crippen LogP contribution is -2.46. The third-order valence-electron chi connectivity index (χ3n) is 5.77. The topological polar surface area (TPSA) is 120 Å². The molecule has 172 valence electrons. The lowest BCUT2D eigenvalue weighted by Gasteiger charge is -2.28. The molecule has 1 aromatic heterocycles. The maximum Gasteiger partial charge on any atom is 0.377 e. The molecule has 1 N–H and O–H groups in total. The molecule has 10 nitrogen and oxygen atoms in total. The maximum absolute atomic E-state index is 14.5. The van der Waals surface area contributed by atoms with Crippen molar-refractivity contribution in [1.82, 2.24) is 19.8 Å². The van der Waals surface area contributed by atoms with Crippen LogP contribution in [0.4, 0.5) is 14.9 Å². The first-order chi connectivity index (χ1) is 15.8. The highest BCUT2D eigenvalue weighted by Crippen LogP contribution is 2.30. The van der Waals surface area contributed by atoms with Gasteiger partial charge in [0.25, 0.3) is 0 Å². The van der Waals surface area contributed by atoms with Crippen molar-refractivity contribution in [3.05, 3.63) is 63.8 Å². The van der Waals surface area contributed by atoms with Crippen LogP contribution in [0.15, 0.2) is 41.2 Å². The minimum Gasteiger partial charge on any atom is -0.494 e. The van der Waals surface area contributed by atoms with Gasteiger partial charge in [-0.3, -0.25) is 4.90 Å². The number of amides is 1. The van der Waals surface area contributed by atoms with Crippen LogP contribution in [0.2, 0.25) is 0 Å². The second kappa shape index (κ2) is 8.85. The zero-order valence-corrected chi connectivity index (χ0v) is 18.1. The summed E-state index contributed by atoms with van der Waals surface area (Å²) in [4.78, 5) is 39.6. The molecule has 0 spiro atoms. The molecule has 3 aromatic rings. The smallest absolute Gasteiger partial charge is 0.377 e. The molecule has 1 saturated carbocycles. The van der Waals surface area contributed by atoms with Crippen molar-refractivity contribution in [1.29, 1.82) is 0 Å². The lowest BCUT2D eigenvalue weighted by atomic mass is 10.1. The number of carboxylic acid groups (broad SMARTS) is 1. The van der Waals surface area contributed by atoms with Crippen LogP contribution in [-0.4, -0.2) is 50.0 Å². The van der Waals surface area contributed by atoms with Crippen LogP contribution in [0.1, 0.15) is 41.6 Å². The van der Waals surface area contributed by atoms with Gasteiger partial charge in [0.2, 0.25) is 0 Å². The van der Waals surface area contributed by atoms with Gasteiger partial charge in [-0.05, 0) is 60.0 Å². The van der Waals surface area contributed by atoms with Crippen LogP contribution in [0.3, 0.4) is 0 Å². The van der Waals surface area contributed by atoms with Crippen molar-refractivity contribution in [2.24, 2.45) is 0 Å². The highest BCUT2D eigenvalue weighted by Gasteiger charge is 2.32. The molecule has 1 aliphatic rings. The van der Waals surface area contributed by atoms with Gasteiger partial charge < -0.3 is 9.84 Å². The number of anilines is 1. The van der Waals surface area contributed by atoms with Gasteiger partial charge in [-0.2, -0.15) is 4.68 Å². The molecule has 0 radical (unpaired) electrons. The van der Waals surface area contributed by atoms with Crippen LogP contribution in [0.5, 0.6) is 5.75 Å². The molecule has 11 heteroatoms. The van der Waals surface area contributed by atoms with Gasteiger partial charge in [0, 0.05) is 11.7 Å². The van der Waals surface area contributed by atoms with E-state index in [-0.39, 0.29) is 23.0 Å². The molecule has 0 bridgehead atoms. The Morgan fingerprint density at radius 1 is 1.18 bits per heavy atom. The van der Waals surface area contributed by atoms with Crippen molar-refractivity contribution in [3.63, 3.8) is 0 Å². The van der Waals surface area contributed by atoms with E-state index in [1.165, 1.54) is 30.2 Å². The average Bonchev–Trinajstić information content (AvgIpc) is 3.44. The van der Waals surface area contributed by atoms with E-state index in [1.807, 2.05) is 0 Å². The number of benzene rings is 2. The molecule has 1 aliphatic carbocycles. The number of tetrazole rings is 1. The van der Waals surface area contributed by atoms with E-state index in [0.29, 0.717) is 33.5 Å². The zero-order chi connectivity index (χ0) is 23.7. The van der Waals surface area contributed by atoms with Crippen molar-refractivity contribution in [2.45, 2.75) is 38.6 Å². The van der Waals surface area contributed by atoms with Gasteiger partial charge in [0.15, 0.2) is 5.82 Å². The number of nitrogens with zero attached hydrogens (tertiary/aromatic N) is 5. The minimum absolute atomic E-state index is 0.0499. The zero-order valence-electron chi connectivity index (χ0n) is 18.1. The van der Waals surface area contributed by atoms with Crippen molar-refractivity contribution in [3.8, 4) is 11.4 Å². The Balaban J connectivity index is 1.80. The van der Waals surface area contributed by atoms with Gasteiger partial charge in [0.1, 0.15) is 11.4 Å². The third-order valence-corrected chi connectivity index (χ3v) is 5.77. The van der Waals surface area contributed by atoms with Crippen LogP contribution in [0.25, 0.3) is 5.69 Å². The summed E-state index contributed by atoms with van der Waals surface area (Å²) in [7, 11) is 1.32. The molecule has 1 heterocycles. The number of carbonyl (C=O) groups is 2. The minimum atomic E-state index is -1.12. The number of halogens is 1. The van der Waals surface area contributed by atoms with E-state index < -0.39 is 23.5 Å². The second-order valence-corrected chi connectivity index (χ2v) is 7.77. The van der Waals surface area contributed by atoms with Crippen molar-refractivity contribution in [2.75, 3.05) is 12.0 Å². The van der Waals surface area contributed by atoms with Crippen LogP contribution in [0, 0.1) is 12.7 Å². The Morgan fingerprint density at radius 2 is 1.91 bits per heavy atom. The van der Waals surface area contributed by atoms with E-state index in [4.69, 9.17) is 4.74 Å². The molecule has 4 rings (SSSR count). The fraction of sp³-hybridized carbons (Fsp3) is 0.318. The number of hydrogen-bond donors (Lipinski definition) is 1. The number of methoxy groups -OCH3 is 1. The fourth-order valence-electron chi connectivity index (χ4n) is 4.10. The van der Waals surface area contributed by atoms with E-state index in [9.17, 15) is 23.9 Å². The summed E-state index contributed by atoms with van der Waals surface area (Å²) in [5, 5.41) is 16.9. The third kappa shape index (κ3) is 3.97. The standard InChI is InChI=1S/C22H22FN5O5/c1-13-10-11-15(12-16(13)20(29)30)26(14-6-3-4-7-14)21(31)28-22(32)27(24-25-28)19-17(23)8-5-9-18(19)33-2/h5,8-12,14H,3-4,6-7H2,1-2H3,(H,29,30). The quantitative estimate of drug-likeness (QED) is 0.587. The molecule has 0 aliphatic heterocycles. The molecule has 1 amide bonds. The number of aromatic nitrogens is 4. The van der Waals surface area contributed by atoms with Gasteiger partial charge >= 0.3 is 17.7 Å². The Kier molecular flexibility index (Phi) is 5.95. The number of para-hydroxylation sites is 1. The monoisotopic (exact) mass is 455 g/mol. The summed E-state index contributed by atoms with van der Waals surface area (Å²) in [5.41, 5.74) is -0.313. The lowest BCUT2D eigenvalue weighted by molar-refractivity contribution is 0.0696. The predicted octanol–water partition coefficient (Wildman–Crippen LogP) is 3.00. The number of carbonyl (C=O) groups excluding carboxylic acids is 1. The van der Waals surface area contributed by atoms with Crippen LogP contribution in [-0.2, 0) is 0 Å². The summed E-state index contributed by atoms with van der Waals surface area (Å²) in [6.45, 7) is 1.66. The van der Waals surface area contributed by atoms with E-state index in [2.05, 4.69) is 10.4 Å². The summed E-state index contributed by atoms with van der Waals surface area (Å²) in [6.07, 6.45) is 3.15. The molecular weight excluding hydrogens is 433 g/mol. The summed E-state index contributed by atoms with van der Waals surface area (Å²) in [5.74, 6) is -1.84. The first-order valence-corrected chi connectivity index (χ1v) is 10.4. The van der Waals surface area contributed by atoms with E-state index in [1.54, 1.807) is 19.1 Å². The number of aryl methyl sites for hydroxylation is 1. The Bertz CT molecular complexity index is 1280. The van der Waals surface area contributed by atoms with Gasteiger partial charge in [0.05, 0.1) is 12.7 Å². The Hall–Kier alpha value is -4.02. The number of ether oxygens (including phenoxy) is 1. The fourth-order valence-corrected chi connectivity index (χ4v) is 4.10. The van der Waals surface area contributed by atoms with E-state index >= 15 is 0 Å². The van der Waals surface area contributed by atoms with Crippen LogP contribution < -0.4 is 15.3 Å². The number of hydrogen-bond acceptors (Lipinski definition) is 6. The molecule has 0 saturated heterocycles. The molecule has 2 aromatic carbocycles. The van der Waals surface area contributed by atoms with Gasteiger partial charge in [-0.1, -0.05) is 25.0 Å². The second-order valence-electron chi connectivity index (χ2n) is 7.77. The number of rotatable bonds is 5. The highest BCUT2D eigenvalue weighted by molar-refractivity contribution is 5.96. The molecule has 1 fully saturated rings. The first-order valence-electron chi connectivity index (χ1n) is 10.4. The average molecular weight is 455 g/mol. The summed E-state index contributed by atoms with van der Waals surface area (Å²) < 4.78 is 20.8. The number of carboxylic acids is 1. The van der Waals surface area contributed by atoms with Gasteiger partial charge in [-0.15, -0.1) is 4.68 Å². The van der Waals surface area contributed by atoms with Gasteiger partial charge in [-0.25, -0.2) is 18.8 Å². The summed E-state index contributed by atoms with van der Waals surface area (Å²) in [6, 6.07) is 7.60. The Morgan fingerprint density at radius 3 is 2.58 bits per heavy atom. The van der Waals surface area contributed by atoms with Crippen LogP contribution >= 0.6 is 0 Å². The largest absolute Gasteiger partial charge is 0.494 e. The predicted molar refractivity (Wildman–Crippen MR) is 116 cm³/mol. The summed E-state index contributed by atoms with van der Waals surface area (Å²) >= 11 is 0. The van der Waals surface area contributed by atoms with Crippen molar-refractivity contribution < 1.29 is 23.8 Å². The van der Waals surface area contributed by atoms with E-state index in [0.717, 1.165) is 18.9 Å². The molecular formula is C22H22FN5O5. The normalized spacial score (nSPS) is 13.8. The highest BCUT2D eigenvalue weighted by atomic mass is 19.1. The molecule has 0 unspecified atom stereocenters. The van der Waals surface area contributed by atoms with Crippen molar-refractivity contribution >= 4 is 17.7 Å². The molecule has 0 atom stereocenters. The SMILES string of the molecule is COc1cccc(F)c1-n1nnn(C(=O)N(c2ccc(C)c(C(=O)O)c2)C2CCCC2)c1=O. The molecule has 33 heavy (non-hydrogen) atoms. The maximum atomic E-state index is 14.5.